The van der Waals surface area contributed by atoms with Crippen LogP contribution in [0.25, 0.3) is 0 Å². The summed E-state index contributed by atoms with van der Waals surface area (Å²) in [5.41, 5.74) is 5.18. The first kappa shape index (κ1) is 16.1. The second kappa shape index (κ2) is 10.3. The first-order chi connectivity index (χ1) is 8.69. The highest BCUT2D eigenvalue weighted by molar-refractivity contribution is 5.97. The molecule has 7 nitrogen and oxygen atoms in total. The molecule has 0 aromatic carbocycles. The van der Waals surface area contributed by atoms with Crippen molar-refractivity contribution in [2.24, 2.45) is 5.73 Å². The molecule has 3 N–H and O–H groups in total. The van der Waals surface area contributed by atoms with Crippen molar-refractivity contribution < 1.29 is 14.3 Å². The molecule has 0 aromatic heterocycles. The molecule has 0 radical (unpaired) electrons. The third kappa shape index (κ3) is 6.62. The van der Waals surface area contributed by atoms with Gasteiger partial charge in [-0.1, -0.05) is 0 Å². The van der Waals surface area contributed by atoms with E-state index in [1.807, 2.05) is 0 Å². The van der Waals surface area contributed by atoms with Crippen LogP contribution in [-0.4, -0.2) is 50.6 Å². The van der Waals surface area contributed by atoms with E-state index >= 15 is 0 Å². The summed E-state index contributed by atoms with van der Waals surface area (Å²) in [7, 11) is 1.51. The van der Waals surface area contributed by atoms with Crippen LogP contribution in [-0.2, 0) is 14.3 Å². The summed E-state index contributed by atoms with van der Waals surface area (Å²) in [4.78, 5) is 23.5. The lowest BCUT2D eigenvalue weighted by Gasteiger charge is -2.12. The Morgan fingerprint density at radius 1 is 1.61 bits per heavy atom. The predicted molar refractivity (Wildman–Crippen MR) is 65.0 cm³/mol. The number of rotatable bonds is 9. The Hall–Kier alpha value is -1.91. The fourth-order valence-corrected chi connectivity index (χ4v) is 1.09. The van der Waals surface area contributed by atoms with Crippen molar-refractivity contribution in [1.82, 2.24) is 10.2 Å². The van der Waals surface area contributed by atoms with E-state index < -0.39 is 5.91 Å². The molecule has 0 saturated carbocycles. The molecular weight excluding hydrogens is 236 g/mol. The maximum Gasteiger partial charge on any atom is 0.263 e. The Balaban J connectivity index is 4.48. The number of amides is 2. The summed E-state index contributed by atoms with van der Waals surface area (Å²) in [6.45, 7) is 1.46. The fourth-order valence-electron chi connectivity index (χ4n) is 1.09. The Bertz CT molecular complexity index is 336. The monoisotopic (exact) mass is 254 g/mol. The molecule has 0 aliphatic heterocycles. The van der Waals surface area contributed by atoms with Crippen molar-refractivity contribution >= 4 is 12.3 Å². The molecule has 0 bridgehead atoms. The average molecular weight is 254 g/mol. The highest BCUT2D eigenvalue weighted by Gasteiger charge is 2.10. The number of nitrogens with one attached hydrogen (secondary N) is 1. The van der Waals surface area contributed by atoms with Gasteiger partial charge in [-0.3, -0.25) is 9.59 Å². The number of carbonyl (C=O) groups excluding carboxylic acids is 2. The summed E-state index contributed by atoms with van der Waals surface area (Å²) in [6, 6.07) is 1.75. The number of carbonyl (C=O) groups is 2. The minimum Gasteiger partial charge on any atom is -0.383 e. The lowest BCUT2D eigenvalue weighted by atomic mass is 10.3. The van der Waals surface area contributed by atoms with Crippen LogP contribution in [0.15, 0.2) is 11.8 Å². The van der Waals surface area contributed by atoms with Gasteiger partial charge in [-0.15, -0.1) is 0 Å². The summed E-state index contributed by atoms with van der Waals surface area (Å²) < 4.78 is 4.76. The zero-order valence-electron chi connectivity index (χ0n) is 10.4. The predicted octanol–water partition coefficient (Wildman–Crippen LogP) is -1.04. The maximum absolute atomic E-state index is 11.5. The number of methoxy groups -OCH3 is 1. The second-order valence-electron chi connectivity index (χ2n) is 3.39. The van der Waals surface area contributed by atoms with E-state index in [1.165, 1.54) is 18.2 Å². The number of ether oxygens (including phenoxy) is 1. The van der Waals surface area contributed by atoms with Crippen LogP contribution in [0.1, 0.15) is 6.42 Å². The summed E-state index contributed by atoms with van der Waals surface area (Å²) in [6.07, 6.45) is 2.36. The van der Waals surface area contributed by atoms with Crippen molar-refractivity contribution in [3.63, 3.8) is 0 Å². The first-order valence-electron chi connectivity index (χ1n) is 5.49. The van der Waals surface area contributed by atoms with Gasteiger partial charge in [0.2, 0.25) is 6.41 Å². The molecule has 0 heterocycles. The van der Waals surface area contributed by atoms with Gasteiger partial charge in [-0.25, -0.2) is 0 Å². The Labute approximate surface area is 106 Å². The number of nitriles is 1. The minimum absolute atomic E-state index is 0.129. The van der Waals surface area contributed by atoms with Crippen LogP contribution < -0.4 is 11.1 Å². The van der Waals surface area contributed by atoms with Gasteiger partial charge in [0.15, 0.2) is 0 Å². The lowest BCUT2D eigenvalue weighted by Crippen LogP contribution is -2.29. The number of nitrogens with zero attached hydrogens (tertiary/aromatic N) is 2. The van der Waals surface area contributed by atoms with E-state index in [-0.39, 0.29) is 5.57 Å². The summed E-state index contributed by atoms with van der Waals surface area (Å²) in [5, 5.41) is 11.3. The van der Waals surface area contributed by atoms with Crippen molar-refractivity contribution in [3.8, 4) is 6.07 Å². The Kier molecular flexibility index (Phi) is 9.17. The minimum atomic E-state index is -0.533. The zero-order chi connectivity index (χ0) is 13.8. The molecule has 0 aliphatic carbocycles. The Morgan fingerprint density at radius 3 is 2.83 bits per heavy atom. The van der Waals surface area contributed by atoms with Gasteiger partial charge in [-0.2, -0.15) is 5.26 Å². The molecule has 0 aromatic rings. The molecule has 18 heavy (non-hydrogen) atoms. The van der Waals surface area contributed by atoms with Crippen LogP contribution >= 0.6 is 0 Å². The van der Waals surface area contributed by atoms with Gasteiger partial charge in [-0.05, 0) is 13.0 Å². The summed E-state index contributed by atoms with van der Waals surface area (Å²) in [5.74, 6) is -0.533. The molecule has 0 fully saturated rings. The lowest BCUT2D eigenvalue weighted by molar-refractivity contribution is -0.117. The molecule has 0 aliphatic rings. The van der Waals surface area contributed by atoms with Crippen LogP contribution in [0.4, 0.5) is 0 Å². The normalized spacial score (nSPS) is 10.6. The number of nitrogens with two attached hydrogens (primary N) is 1. The van der Waals surface area contributed by atoms with Gasteiger partial charge < -0.3 is 20.7 Å². The highest BCUT2D eigenvalue weighted by atomic mass is 16.5. The van der Waals surface area contributed by atoms with Crippen molar-refractivity contribution in [3.05, 3.63) is 11.8 Å². The first-order valence-corrected chi connectivity index (χ1v) is 5.49. The van der Waals surface area contributed by atoms with E-state index in [4.69, 9.17) is 15.7 Å². The zero-order valence-corrected chi connectivity index (χ0v) is 10.4. The van der Waals surface area contributed by atoms with Gasteiger partial charge in [0.1, 0.15) is 11.6 Å². The van der Waals surface area contributed by atoms with E-state index in [2.05, 4.69) is 5.32 Å². The third-order valence-electron chi connectivity index (χ3n) is 2.01. The molecule has 0 spiro atoms. The largest absolute Gasteiger partial charge is 0.383 e. The van der Waals surface area contributed by atoms with Crippen LogP contribution in [0.2, 0.25) is 0 Å². The molecule has 100 valence electrons. The molecule has 0 rings (SSSR count). The molecule has 7 heteroatoms. The van der Waals surface area contributed by atoms with E-state index in [0.717, 1.165) is 0 Å². The van der Waals surface area contributed by atoms with Gasteiger partial charge in [0.05, 0.1) is 6.61 Å². The van der Waals surface area contributed by atoms with Crippen LogP contribution in [0, 0.1) is 11.3 Å². The quantitative estimate of drug-likeness (QED) is 0.236. The van der Waals surface area contributed by atoms with E-state index in [9.17, 15) is 9.59 Å². The third-order valence-corrected chi connectivity index (χ3v) is 2.01. The fraction of sp³-hybridized carbons (Fsp3) is 0.545. The van der Waals surface area contributed by atoms with E-state index in [0.29, 0.717) is 39.1 Å². The summed E-state index contributed by atoms with van der Waals surface area (Å²) >= 11 is 0. The maximum atomic E-state index is 11.5. The topological polar surface area (TPSA) is 108 Å². The van der Waals surface area contributed by atoms with Crippen molar-refractivity contribution in [2.75, 3.05) is 33.4 Å². The molecule has 0 atom stereocenters. The average Bonchev–Trinajstić information content (AvgIpc) is 2.39. The number of hydrogen-bond donors (Lipinski definition) is 2. The number of hydrogen-bond acceptors (Lipinski definition) is 5. The highest BCUT2D eigenvalue weighted by Crippen LogP contribution is 1.97. The molecule has 0 unspecified atom stereocenters. The van der Waals surface area contributed by atoms with Crippen molar-refractivity contribution in [1.29, 1.82) is 5.26 Å². The van der Waals surface area contributed by atoms with Crippen LogP contribution in [0.5, 0.6) is 0 Å². The molecular formula is C11H18N4O3. The standard InChI is InChI=1S/C11H18N4O3/c1-18-6-4-14-11(17)10(7-13)8-15(9-16)5-2-3-12/h8-9H,2-6,12H2,1H3,(H,14,17)/b10-8-. The SMILES string of the molecule is COCCNC(=O)/C(C#N)=C\N(C=O)CCCN. The van der Waals surface area contributed by atoms with Gasteiger partial charge in [0.25, 0.3) is 5.91 Å². The van der Waals surface area contributed by atoms with Gasteiger partial charge >= 0.3 is 0 Å². The second-order valence-corrected chi connectivity index (χ2v) is 3.39. The Morgan fingerprint density at radius 2 is 2.33 bits per heavy atom. The van der Waals surface area contributed by atoms with Gasteiger partial charge in [0, 0.05) is 26.4 Å². The molecule has 2 amide bonds. The van der Waals surface area contributed by atoms with Crippen LogP contribution in [0.3, 0.4) is 0 Å². The van der Waals surface area contributed by atoms with Crippen molar-refractivity contribution in [2.45, 2.75) is 6.42 Å². The van der Waals surface area contributed by atoms with E-state index in [1.54, 1.807) is 6.07 Å². The smallest absolute Gasteiger partial charge is 0.263 e. The molecule has 0 saturated heterocycles.